The molecule has 0 spiro atoms. The fourth-order valence-electron chi connectivity index (χ4n) is 2.53. The average molecular weight is 290 g/mol. The summed E-state index contributed by atoms with van der Waals surface area (Å²) in [6.07, 6.45) is 0.674. The van der Waals surface area contributed by atoms with E-state index in [0.29, 0.717) is 13.0 Å². The van der Waals surface area contributed by atoms with Gasteiger partial charge in [0.1, 0.15) is 11.8 Å². The van der Waals surface area contributed by atoms with Gasteiger partial charge in [0.05, 0.1) is 13.7 Å². The second-order valence-electron chi connectivity index (χ2n) is 5.61. The predicted molar refractivity (Wildman–Crippen MR) is 80.0 cm³/mol. The van der Waals surface area contributed by atoms with Crippen molar-refractivity contribution < 1.29 is 14.3 Å². The minimum absolute atomic E-state index is 0.000465. The molecule has 5 nitrogen and oxygen atoms in total. The Hall–Kier alpha value is -2.04. The maximum atomic E-state index is 12.4. The van der Waals surface area contributed by atoms with Crippen LogP contribution in [0.15, 0.2) is 24.3 Å². The number of amides is 2. The van der Waals surface area contributed by atoms with Crippen LogP contribution in [0.3, 0.4) is 0 Å². The van der Waals surface area contributed by atoms with Crippen LogP contribution >= 0.6 is 0 Å². The number of ether oxygens (including phenoxy) is 1. The third-order valence-corrected chi connectivity index (χ3v) is 3.74. The smallest absolute Gasteiger partial charge is 0.245 e. The fraction of sp³-hybridized carbons (Fsp3) is 0.500. The van der Waals surface area contributed by atoms with Crippen molar-refractivity contribution in [1.29, 1.82) is 0 Å². The van der Waals surface area contributed by atoms with E-state index in [1.54, 1.807) is 12.0 Å². The monoisotopic (exact) mass is 290 g/mol. The van der Waals surface area contributed by atoms with E-state index in [2.05, 4.69) is 5.32 Å². The topological polar surface area (TPSA) is 58.6 Å². The number of para-hydroxylation sites is 1. The molecule has 0 aromatic heterocycles. The molecule has 1 unspecified atom stereocenters. The number of methoxy groups -OCH3 is 1. The highest BCUT2D eigenvalue weighted by molar-refractivity contribution is 5.95. The van der Waals surface area contributed by atoms with E-state index in [-0.39, 0.29) is 24.3 Å². The Kier molecular flexibility index (Phi) is 4.83. The van der Waals surface area contributed by atoms with Crippen LogP contribution in [0.4, 0.5) is 0 Å². The highest BCUT2D eigenvalue weighted by Crippen LogP contribution is 2.19. The van der Waals surface area contributed by atoms with Gasteiger partial charge in [0, 0.05) is 6.54 Å². The lowest BCUT2D eigenvalue weighted by Gasteiger charge is -2.34. The number of benzene rings is 1. The van der Waals surface area contributed by atoms with E-state index < -0.39 is 6.04 Å². The summed E-state index contributed by atoms with van der Waals surface area (Å²) in [5.74, 6) is 0.815. The maximum Gasteiger partial charge on any atom is 0.245 e. The Morgan fingerprint density at radius 3 is 2.71 bits per heavy atom. The molecule has 1 aliphatic heterocycles. The molecule has 2 rings (SSSR count). The van der Waals surface area contributed by atoms with Gasteiger partial charge in [-0.2, -0.15) is 0 Å². The van der Waals surface area contributed by atoms with Crippen LogP contribution in [0.2, 0.25) is 0 Å². The van der Waals surface area contributed by atoms with Gasteiger partial charge in [-0.3, -0.25) is 9.59 Å². The second-order valence-corrected chi connectivity index (χ2v) is 5.61. The van der Waals surface area contributed by atoms with Crippen molar-refractivity contribution in [2.24, 2.45) is 5.92 Å². The standard InChI is InChI=1S/C16H22N2O3/c1-11(2)15-16(20)18(10-14(19)17-15)9-8-12-6-4-5-7-13(12)21-3/h4-7,11,15H,8-10H2,1-3H3,(H,17,19). The predicted octanol–water partition coefficient (Wildman–Crippen LogP) is 1.22. The molecule has 1 atom stereocenters. The SMILES string of the molecule is COc1ccccc1CCN1CC(=O)NC(C(C)C)C1=O. The molecule has 1 saturated heterocycles. The van der Waals surface area contributed by atoms with Crippen LogP contribution in [-0.4, -0.2) is 43.0 Å². The third-order valence-electron chi connectivity index (χ3n) is 3.74. The fourth-order valence-corrected chi connectivity index (χ4v) is 2.53. The highest BCUT2D eigenvalue weighted by atomic mass is 16.5. The van der Waals surface area contributed by atoms with Crippen LogP contribution in [0.25, 0.3) is 0 Å². The average Bonchev–Trinajstić information content (AvgIpc) is 2.47. The van der Waals surface area contributed by atoms with Crippen LogP contribution in [0, 0.1) is 5.92 Å². The molecule has 1 fully saturated rings. The second kappa shape index (κ2) is 6.61. The third kappa shape index (κ3) is 3.54. The van der Waals surface area contributed by atoms with Gasteiger partial charge in [0.15, 0.2) is 0 Å². The Morgan fingerprint density at radius 1 is 1.33 bits per heavy atom. The molecule has 0 radical (unpaired) electrons. The van der Waals surface area contributed by atoms with Crippen molar-refractivity contribution in [3.8, 4) is 5.75 Å². The van der Waals surface area contributed by atoms with E-state index >= 15 is 0 Å². The quantitative estimate of drug-likeness (QED) is 0.887. The number of hydrogen-bond donors (Lipinski definition) is 1. The zero-order chi connectivity index (χ0) is 15.4. The summed E-state index contributed by atoms with van der Waals surface area (Å²) < 4.78 is 5.31. The minimum Gasteiger partial charge on any atom is -0.496 e. The van der Waals surface area contributed by atoms with Crippen LogP contribution in [-0.2, 0) is 16.0 Å². The van der Waals surface area contributed by atoms with Crippen molar-refractivity contribution in [1.82, 2.24) is 10.2 Å². The van der Waals surface area contributed by atoms with Gasteiger partial charge >= 0.3 is 0 Å². The highest BCUT2D eigenvalue weighted by Gasteiger charge is 2.34. The van der Waals surface area contributed by atoms with Crippen molar-refractivity contribution in [2.75, 3.05) is 20.2 Å². The normalized spacial score (nSPS) is 18.9. The molecule has 114 valence electrons. The summed E-state index contributed by atoms with van der Waals surface area (Å²) in [4.78, 5) is 25.7. The Labute approximate surface area is 125 Å². The molecule has 1 aromatic carbocycles. The minimum atomic E-state index is -0.413. The summed E-state index contributed by atoms with van der Waals surface area (Å²) in [7, 11) is 1.63. The lowest BCUT2D eigenvalue weighted by atomic mass is 10.0. The molecule has 5 heteroatoms. The Morgan fingerprint density at radius 2 is 2.05 bits per heavy atom. The van der Waals surface area contributed by atoms with Crippen molar-refractivity contribution in [3.63, 3.8) is 0 Å². The number of carbonyl (C=O) groups excluding carboxylic acids is 2. The van der Waals surface area contributed by atoms with Crippen LogP contribution in [0.5, 0.6) is 5.75 Å². The first-order chi connectivity index (χ1) is 10.0. The summed E-state index contributed by atoms with van der Waals surface area (Å²) in [5, 5.41) is 2.76. The van der Waals surface area contributed by atoms with Crippen molar-refractivity contribution in [2.45, 2.75) is 26.3 Å². The molecule has 1 aromatic rings. The number of rotatable bonds is 5. The number of hydrogen-bond acceptors (Lipinski definition) is 3. The first-order valence-electron chi connectivity index (χ1n) is 7.23. The molecule has 1 heterocycles. The van der Waals surface area contributed by atoms with E-state index in [4.69, 9.17) is 4.74 Å². The van der Waals surface area contributed by atoms with Gasteiger partial charge in [-0.05, 0) is 24.0 Å². The van der Waals surface area contributed by atoms with Gasteiger partial charge in [-0.25, -0.2) is 0 Å². The lowest BCUT2D eigenvalue weighted by Crippen LogP contribution is -2.60. The first-order valence-corrected chi connectivity index (χ1v) is 7.23. The maximum absolute atomic E-state index is 12.4. The number of carbonyl (C=O) groups is 2. The zero-order valence-electron chi connectivity index (χ0n) is 12.8. The zero-order valence-corrected chi connectivity index (χ0v) is 12.8. The van der Waals surface area contributed by atoms with E-state index in [0.717, 1.165) is 11.3 Å². The number of nitrogens with zero attached hydrogens (tertiary/aromatic N) is 1. The lowest BCUT2D eigenvalue weighted by molar-refractivity contribution is -0.145. The number of piperazine rings is 1. The molecule has 0 saturated carbocycles. The summed E-state index contributed by atoms with van der Waals surface area (Å²) in [6, 6.07) is 7.32. The van der Waals surface area contributed by atoms with Crippen LogP contribution in [0.1, 0.15) is 19.4 Å². The Balaban J connectivity index is 2.04. The van der Waals surface area contributed by atoms with Gasteiger partial charge in [0.2, 0.25) is 11.8 Å². The largest absolute Gasteiger partial charge is 0.496 e. The van der Waals surface area contributed by atoms with Gasteiger partial charge in [0.25, 0.3) is 0 Å². The van der Waals surface area contributed by atoms with Crippen molar-refractivity contribution >= 4 is 11.8 Å². The Bertz CT molecular complexity index is 528. The van der Waals surface area contributed by atoms with E-state index in [1.807, 2.05) is 38.1 Å². The van der Waals surface area contributed by atoms with Crippen LogP contribution < -0.4 is 10.1 Å². The van der Waals surface area contributed by atoms with Gasteiger partial charge in [-0.1, -0.05) is 32.0 Å². The summed E-state index contributed by atoms with van der Waals surface area (Å²) >= 11 is 0. The summed E-state index contributed by atoms with van der Waals surface area (Å²) in [5.41, 5.74) is 1.04. The van der Waals surface area contributed by atoms with Gasteiger partial charge in [-0.15, -0.1) is 0 Å². The number of nitrogens with one attached hydrogen (secondary N) is 1. The molecule has 0 bridgehead atoms. The molecular weight excluding hydrogens is 268 g/mol. The molecule has 1 N–H and O–H groups in total. The van der Waals surface area contributed by atoms with Gasteiger partial charge < -0.3 is 15.0 Å². The van der Waals surface area contributed by atoms with E-state index in [1.165, 1.54) is 0 Å². The molecule has 1 aliphatic rings. The molecule has 21 heavy (non-hydrogen) atoms. The van der Waals surface area contributed by atoms with Crippen molar-refractivity contribution in [3.05, 3.63) is 29.8 Å². The molecule has 2 amide bonds. The molecular formula is C16H22N2O3. The first kappa shape index (κ1) is 15.4. The molecule has 0 aliphatic carbocycles. The summed E-state index contributed by atoms with van der Waals surface area (Å²) in [6.45, 7) is 4.53. The van der Waals surface area contributed by atoms with E-state index in [9.17, 15) is 9.59 Å².